The lowest BCUT2D eigenvalue weighted by Crippen LogP contribution is -2.51. The van der Waals surface area contributed by atoms with Crippen LogP contribution in [0.15, 0.2) is 6.07 Å². The third-order valence-electron chi connectivity index (χ3n) is 4.83. The molecule has 4 heteroatoms. The van der Waals surface area contributed by atoms with Gasteiger partial charge in [-0.3, -0.25) is 4.79 Å². The predicted molar refractivity (Wildman–Crippen MR) is 83.2 cm³/mol. The molecule has 110 valence electrons. The largest absolute Gasteiger partial charge is 0.333 e. The number of amides is 1. The zero-order valence-corrected chi connectivity index (χ0v) is 13.0. The van der Waals surface area contributed by atoms with Crippen LogP contribution in [-0.2, 0) is 12.8 Å². The summed E-state index contributed by atoms with van der Waals surface area (Å²) >= 11 is 1.72. The van der Waals surface area contributed by atoms with E-state index in [2.05, 4.69) is 13.0 Å². The SMILES string of the molecule is CC1CCCN(C(=O)c2cc3c(s2)CCCC3)C1CN. The smallest absolute Gasteiger partial charge is 0.264 e. The molecule has 3 nitrogen and oxygen atoms in total. The van der Waals surface area contributed by atoms with Crippen molar-refractivity contribution in [1.29, 1.82) is 0 Å². The number of nitrogens with two attached hydrogens (primary N) is 1. The maximum atomic E-state index is 12.8. The summed E-state index contributed by atoms with van der Waals surface area (Å²) in [5.74, 6) is 0.735. The van der Waals surface area contributed by atoms with Crippen LogP contribution >= 0.6 is 11.3 Å². The number of thiophene rings is 1. The first-order valence-electron chi connectivity index (χ1n) is 7.83. The summed E-state index contributed by atoms with van der Waals surface area (Å²) in [5, 5.41) is 0. The van der Waals surface area contributed by atoms with Gasteiger partial charge in [-0.1, -0.05) is 6.92 Å². The topological polar surface area (TPSA) is 46.3 Å². The molecule has 1 aliphatic carbocycles. The highest BCUT2D eigenvalue weighted by Gasteiger charge is 2.32. The maximum absolute atomic E-state index is 12.8. The van der Waals surface area contributed by atoms with Crippen LogP contribution in [-0.4, -0.2) is 29.9 Å². The summed E-state index contributed by atoms with van der Waals surface area (Å²) in [4.78, 5) is 17.2. The Morgan fingerprint density at radius 3 is 2.95 bits per heavy atom. The molecule has 0 bridgehead atoms. The normalized spacial score (nSPS) is 26.4. The molecular weight excluding hydrogens is 268 g/mol. The second-order valence-corrected chi connectivity index (χ2v) is 7.32. The summed E-state index contributed by atoms with van der Waals surface area (Å²) in [7, 11) is 0. The van der Waals surface area contributed by atoms with Crippen molar-refractivity contribution in [3.05, 3.63) is 21.4 Å². The Balaban J connectivity index is 1.82. The van der Waals surface area contributed by atoms with Crippen LogP contribution in [0.1, 0.15) is 52.7 Å². The summed E-state index contributed by atoms with van der Waals surface area (Å²) in [5.41, 5.74) is 7.32. The summed E-state index contributed by atoms with van der Waals surface area (Å²) in [6, 6.07) is 2.37. The first kappa shape index (κ1) is 14.1. The van der Waals surface area contributed by atoms with Crippen LogP contribution in [0.4, 0.5) is 0 Å². The number of aryl methyl sites for hydroxylation is 2. The lowest BCUT2D eigenvalue weighted by Gasteiger charge is -2.39. The van der Waals surface area contributed by atoms with Crippen molar-refractivity contribution in [3.63, 3.8) is 0 Å². The molecule has 1 aromatic heterocycles. The van der Waals surface area contributed by atoms with Gasteiger partial charge in [-0.05, 0) is 56.1 Å². The molecule has 0 saturated carbocycles. The number of nitrogens with zero attached hydrogens (tertiary/aromatic N) is 1. The van der Waals surface area contributed by atoms with Gasteiger partial charge in [0.15, 0.2) is 0 Å². The average molecular weight is 292 g/mol. The molecular formula is C16H24N2OS. The van der Waals surface area contributed by atoms with E-state index >= 15 is 0 Å². The number of carbonyl (C=O) groups is 1. The fourth-order valence-electron chi connectivity index (χ4n) is 3.60. The zero-order valence-electron chi connectivity index (χ0n) is 12.2. The van der Waals surface area contributed by atoms with E-state index in [-0.39, 0.29) is 11.9 Å². The van der Waals surface area contributed by atoms with Crippen molar-refractivity contribution < 1.29 is 4.79 Å². The molecule has 2 atom stereocenters. The minimum absolute atomic E-state index is 0.214. The van der Waals surface area contributed by atoms with Crippen molar-refractivity contribution in [3.8, 4) is 0 Å². The van der Waals surface area contributed by atoms with Gasteiger partial charge in [0.25, 0.3) is 5.91 Å². The molecule has 1 aliphatic heterocycles. The lowest BCUT2D eigenvalue weighted by atomic mass is 9.90. The number of piperidine rings is 1. The number of rotatable bonds is 2. The van der Waals surface area contributed by atoms with Crippen molar-refractivity contribution in [2.75, 3.05) is 13.1 Å². The number of hydrogen-bond donors (Lipinski definition) is 1. The Labute approximate surface area is 125 Å². The molecule has 1 fully saturated rings. The molecule has 1 saturated heterocycles. The van der Waals surface area contributed by atoms with Crippen LogP contribution in [0, 0.1) is 5.92 Å². The van der Waals surface area contributed by atoms with E-state index in [4.69, 9.17) is 5.73 Å². The monoisotopic (exact) mass is 292 g/mol. The van der Waals surface area contributed by atoms with Crippen LogP contribution in [0.3, 0.4) is 0 Å². The number of fused-ring (bicyclic) bond motifs is 1. The third kappa shape index (κ3) is 2.51. The van der Waals surface area contributed by atoms with Crippen molar-refractivity contribution in [1.82, 2.24) is 4.90 Å². The van der Waals surface area contributed by atoms with Crippen molar-refractivity contribution in [2.24, 2.45) is 11.7 Å². The van der Waals surface area contributed by atoms with E-state index in [1.165, 1.54) is 29.7 Å². The maximum Gasteiger partial charge on any atom is 0.264 e. The fraction of sp³-hybridized carbons (Fsp3) is 0.688. The van der Waals surface area contributed by atoms with Gasteiger partial charge in [-0.25, -0.2) is 0 Å². The van der Waals surface area contributed by atoms with Crippen molar-refractivity contribution in [2.45, 2.75) is 51.5 Å². The van der Waals surface area contributed by atoms with E-state index in [0.717, 1.165) is 30.7 Å². The first-order valence-corrected chi connectivity index (χ1v) is 8.65. The van der Waals surface area contributed by atoms with E-state index in [1.807, 2.05) is 4.90 Å². The van der Waals surface area contributed by atoms with Crippen LogP contribution < -0.4 is 5.73 Å². The van der Waals surface area contributed by atoms with Crippen LogP contribution in [0.5, 0.6) is 0 Å². The average Bonchev–Trinajstić information content (AvgIpc) is 2.90. The van der Waals surface area contributed by atoms with E-state index in [0.29, 0.717) is 12.5 Å². The lowest BCUT2D eigenvalue weighted by molar-refractivity contribution is 0.0537. The minimum Gasteiger partial charge on any atom is -0.333 e. The predicted octanol–water partition coefficient (Wildman–Crippen LogP) is 2.83. The van der Waals surface area contributed by atoms with Gasteiger partial charge in [0.2, 0.25) is 0 Å². The molecule has 1 amide bonds. The van der Waals surface area contributed by atoms with Gasteiger partial charge in [0, 0.05) is 24.0 Å². The highest BCUT2D eigenvalue weighted by atomic mass is 32.1. The Bertz CT molecular complexity index is 473. The molecule has 2 N–H and O–H groups in total. The first-order chi connectivity index (χ1) is 9.70. The number of likely N-dealkylation sites (tertiary alicyclic amines) is 1. The second-order valence-electron chi connectivity index (χ2n) is 6.19. The Morgan fingerprint density at radius 1 is 1.40 bits per heavy atom. The Hall–Kier alpha value is -0.870. The molecule has 2 heterocycles. The second kappa shape index (κ2) is 5.86. The Kier molecular flexibility index (Phi) is 4.13. The molecule has 0 spiro atoms. The van der Waals surface area contributed by atoms with Crippen LogP contribution in [0.2, 0.25) is 0 Å². The Morgan fingerprint density at radius 2 is 2.20 bits per heavy atom. The van der Waals surface area contributed by atoms with Gasteiger partial charge < -0.3 is 10.6 Å². The number of carbonyl (C=O) groups excluding carboxylic acids is 1. The fourth-order valence-corrected chi connectivity index (χ4v) is 4.81. The highest BCUT2D eigenvalue weighted by Crippen LogP contribution is 2.32. The van der Waals surface area contributed by atoms with Gasteiger partial charge in [0.05, 0.1) is 4.88 Å². The molecule has 0 aromatic carbocycles. The third-order valence-corrected chi connectivity index (χ3v) is 6.05. The quantitative estimate of drug-likeness (QED) is 0.911. The van der Waals surface area contributed by atoms with Crippen LogP contribution in [0.25, 0.3) is 0 Å². The molecule has 3 rings (SSSR count). The number of hydrogen-bond acceptors (Lipinski definition) is 3. The van der Waals surface area contributed by atoms with E-state index < -0.39 is 0 Å². The standard InChI is InChI=1S/C16H24N2OS/c1-11-5-4-8-18(13(11)10-17)16(19)15-9-12-6-2-3-7-14(12)20-15/h9,11,13H,2-8,10,17H2,1H3. The summed E-state index contributed by atoms with van der Waals surface area (Å²) in [6.07, 6.45) is 7.14. The molecule has 1 aromatic rings. The molecule has 2 unspecified atom stereocenters. The minimum atomic E-state index is 0.214. The molecule has 2 aliphatic rings. The highest BCUT2D eigenvalue weighted by molar-refractivity contribution is 7.14. The van der Waals surface area contributed by atoms with E-state index in [9.17, 15) is 4.79 Å². The molecule has 0 radical (unpaired) electrons. The van der Waals surface area contributed by atoms with Gasteiger partial charge in [-0.15, -0.1) is 11.3 Å². The zero-order chi connectivity index (χ0) is 14.1. The van der Waals surface area contributed by atoms with Crippen molar-refractivity contribution >= 4 is 17.2 Å². The van der Waals surface area contributed by atoms with E-state index in [1.54, 1.807) is 11.3 Å². The van der Waals surface area contributed by atoms with Gasteiger partial charge in [0.1, 0.15) is 0 Å². The van der Waals surface area contributed by atoms with Gasteiger partial charge >= 0.3 is 0 Å². The van der Waals surface area contributed by atoms with Gasteiger partial charge in [-0.2, -0.15) is 0 Å². The molecule has 20 heavy (non-hydrogen) atoms. The summed E-state index contributed by atoms with van der Waals surface area (Å²) < 4.78 is 0. The summed E-state index contributed by atoms with van der Waals surface area (Å²) in [6.45, 7) is 3.67.